The minimum Gasteiger partial charge on any atom is -0.299 e. The number of imidazole rings is 1. The molecular weight excluding hydrogens is 222 g/mol. The van der Waals surface area contributed by atoms with Crippen LogP contribution in [0.3, 0.4) is 0 Å². The van der Waals surface area contributed by atoms with Crippen LogP contribution >= 0.6 is 0 Å². The fraction of sp³-hybridized carbons (Fsp3) is 0. The average Bonchev–Trinajstić information content (AvgIpc) is 2.71. The van der Waals surface area contributed by atoms with E-state index in [9.17, 15) is 8.78 Å². The maximum atomic E-state index is 13.2. The Bertz CT molecular complexity index is 689. The van der Waals surface area contributed by atoms with Crippen LogP contribution in [0.4, 0.5) is 8.78 Å². The van der Waals surface area contributed by atoms with Gasteiger partial charge < -0.3 is 0 Å². The molecule has 0 aliphatic rings. The van der Waals surface area contributed by atoms with E-state index in [1.165, 1.54) is 24.3 Å². The zero-order chi connectivity index (χ0) is 11.8. The first-order chi connectivity index (χ1) is 8.24. The summed E-state index contributed by atoms with van der Waals surface area (Å²) >= 11 is 0. The van der Waals surface area contributed by atoms with E-state index in [0.717, 1.165) is 0 Å². The van der Waals surface area contributed by atoms with E-state index in [2.05, 4.69) is 4.98 Å². The summed E-state index contributed by atoms with van der Waals surface area (Å²) in [6.07, 6.45) is 1.55. The molecule has 17 heavy (non-hydrogen) atoms. The Labute approximate surface area is 96.1 Å². The van der Waals surface area contributed by atoms with E-state index >= 15 is 0 Å². The molecule has 0 saturated heterocycles. The van der Waals surface area contributed by atoms with Crippen LogP contribution in [0, 0.1) is 11.6 Å². The molecule has 1 aromatic heterocycles. The first kappa shape index (κ1) is 9.96. The van der Waals surface area contributed by atoms with Gasteiger partial charge in [0.15, 0.2) is 0 Å². The second-order valence-corrected chi connectivity index (χ2v) is 3.73. The van der Waals surface area contributed by atoms with Gasteiger partial charge in [0.2, 0.25) is 0 Å². The van der Waals surface area contributed by atoms with Crippen LogP contribution in [0.25, 0.3) is 16.7 Å². The molecule has 1 heterocycles. The van der Waals surface area contributed by atoms with Gasteiger partial charge in [0, 0.05) is 6.07 Å². The number of aromatic nitrogens is 2. The highest BCUT2D eigenvalue weighted by atomic mass is 19.1. The van der Waals surface area contributed by atoms with Gasteiger partial charge in [-0.3, -0.25) is 4.57 Å². The molecule has 0 amide bonds. The molecule has 2 nitrogen and oxygen atoms in total. The van der Waals surface area contributed by atoms with Gasteiger partial charge >= 0.3 is 0 Å². The minimum atomic E-state index is -0.337. The topological polar surface area (TPSA) is 17.8 Å². The third-order valence-electron chi connectivity index (χ3n) is 2.60. The molecule has 0 N–H and O–H groups in total. The molecule has 0 aliphatic carbocycles. The maximum Gasteiger partial charge on any atom is 0.125 e. The van der Waals surface area contributed by atoms with Crippen molar-refractivity contribution in [2.75, 3.05) is 0 Å². The highest BCUT2D eigenvalue weighted by Gasteiger charge is 2.06. The molecule has 0 fully saturated rings. The number of nitrogens with zero attached hydrogens (tertiary/aromatic N) is 2. The van der Waals surface area contributed by atoms with Crippen molar-refractivity contribution in [2.45, 2.75) is 0 Å². The molecule has 2 aromatic carbocycles. The normalized spacial score (nSPS) is 10.9. The lowest BCUT2D eigenvalue weighted by Crippen LogP contribution is -1.92. The highest BCUT2D eigenvalue weighted by molar-refractivity contribution is 5.77. The lowest BCUT2D eigenvalue weighted by molar-refractivity contribution is 0.626. The quantitative estimate of drug-likeness (QED) is 0.627. The zero-order valence-corrected chi connectivity index (χ0v) is 8.77. The van der Waals surface area contributed by atoms with E-state index in [4.69, 9.17) is 0 Å². The number of rotatable bonds is 1. The van der Waals surface area contributed by atoms with E-state index in [0.29, 0.717) is 16.7 Å². The second-order valence-electron chi connectivity index (χ2n) is 3.73. The predicted octanol–water partition coefficient (Wildman–Crippen LogP) is 3.30. The molecule has 3 aromatic rings. The summed E-state index contributed by atoms with van der Waals surface area (Å²) in [7, 11) is 0. The molecule has 0 unspecified atom stereocenters. The van der Waals surface area contributed by atoms with Gasteiger partial charge in [0.05, 0.1) is 16.7 Å². The van der Waals surface area contributed by atoms with Crippen molar-refractivity contribution < 1.29 is 8.78 Å². The third kappa shape index (κ3) is 1.67. The first-order valence-electron chi connectivity index (χ1n) is 5.12. The fourth-order valence-electron chi connectivity index (χ4n) is 1.81. The molecule has 0 atom stereocenters. The summed E-state index contributed by atoms with van der Waals surface area (Å²) in [4.78, 5) is 4.14. The standard InChI is InChI=1S/C13H8F2N2/c14-9-2-1-3-11(6-9)17-8-16-12-5-4-10(15)7-13(12)17/h1-8H. The van der Waals surface area contributed by atoms with E-state index in [1.807, 2.05) is 0 Å². The average molecular weight is 230 g/mol. The largest absolute Gasteiger partial charge is 0.299 e. The van der Waals surface area contributed by atoms with Gasteiger partial charge in [-0.15, -0.1) is 0 Å². The van der Waals surface area contributed by atoms with Crippen molar-refractivity contribution in [2.24, 2.45) is 0 Å². The molecule has 0 saturated carbocycles. The van der Waals surface area contributed by atoms with Crippen LogP contribution < -0.4 is 0 Å². The smallest absolute Gasteiger partial charge is 0.125 e. The fourth-order valence-corrected chi connectivity index (χ4v) is 1.81. The summed E-state index contributed by atoms with van der Waals surface area (Å²) in [5, 5.41) is 0. The van der Waals surface area contributed by atoms with E-state index < -0.39 is 0 Å². The molecule has 4 heteroatoms. The Hall–Kier alpha value is -2.23. The zero-order valence-electron chi connectivity index (χ0n) is 8.77. The van der Waals surface area contributed by atoms with Crippen LogP contribution in [-0.4, -0.2) is 9.55 Å². The van der Waals surface area contributed by atoms with Crippen molar-refractivity contribution >= 4 is 11.0 Å². The van der Waals surface area contributed by atoms with Crippen LogP contribution in [0.5, 0.6) is 0 Å². The summed E-state index contributed by atoms with van der Waals surface area (Å²) in [5.41, 5.74) is 1.92. The van der Waals surface area contributed by atoms with Crippen LogP contribution in [-0.2, 0) is 0 Å². The molecule has 0 aliphatic heterocycles. The van der Waals surface area contributed by atoms with Crippen LogP contribution in [0.15, 0.2) is 48.8 Å². The molecule has 0 bridgehead atoms. The van der Waals surface area contributed by atoms with Crippen LogP contribution in [0.2, 0.25) is 0 Å². The van der Waals surface area contributed by atoms with Crippen molar-refractivity contribution in [3.63, 3.8) is 0 Å². The van der Waals surface area contributed by atoms with Gasteiger partial charge in [-0.05, 0) is 30.3 Å². The molecule has 3 rings (SSSR count). The van der Waals surface area contributed by atoms with Gasteiger partial charge in [-0.2, -0.15) is 0 Å². The van der Waals surface area contributed by atoms with Crippen LogP contribution in [0.1, 0.15) is 0 Å². The second kappa shape index (κ2) is 3.66. The Morgan fingerprint density at radius 2 is 1.76 bits per heavy atom. The Kier molecular flexibility index (Phi) is 2.14. The maximum absolute atomic E-state index is 13.2. The lowest BCUT2D eigenvalue weighted by Gasteiger charge is -2.03. The van der Waals surface area contributed by atoms with Gasteiger partial charge in [-0.1, -0.05) is 6.07 Å². The van der Waals surface area contributed by atoms with Crippen molar-refractivity contribution in [1.82, 2.24) is 9.55 Å². The van der Waals surface area contributed by atoms with Crippen molar-refractivity contribution in [3.8, 4) is 5.69 Å². The van der Waals surface area contributed by atoms with Gasteiger partial charge in [0.25, 0.3) is 0 Å². The van der Waals surface area contributed by atoms with Crippen molar-refractivity contribution in [1.29, 1.82) is 0 Å². The van der Waals surface area contributed by atoms with Crippen molar-refractivity contribution in [3.05, 3.63) is 60.4 Å². The predicted molar refractivity (Wildman–Crippen MR) is 61.0 cm³/mol. The monoisotopic (exact) mass is 230 g/mol. The number of benzene rings is 2. The summed E-state index contributed by atoms with van der Waals surface area (Å²) < 4.78 is 28.0. The molecular formula is C13H8F2N2. The molecule has 84 valence electrons. The Morgan fingerprint density at radius 1 is 0.941 bits per heavy atom. The third-order valence-corrected chi connectivity index (χ3v) is 2.60. The SMILES string of the molecule is Fc1cccc(-n2cnc3ccc(F)cc32)c1. The van der Waals surface area contributed by atoms with Gasteiger partial charge in [-0.25, -0.2) is 13.8 Å². The number of hydrogen-bond donors (Lipinski definition) is 0. The summed E-state index contributed by atoms with van der Waals surface area (Å²) in [6.45, 7) is 0. The summed E-state index contributed by atoms with van der Waals surface area (Å²) in [5.74, 6) is -0.670. The summed E-state index contributed by atoms with van der Waals surface area (Å²) in [6, 6.07) is 10.4. The number of fused-ring (bicyclic) bond motifs is 1. The molecule has 0 radical (unpaired) electrons. The van der Waals surface area contributed by atoms with E-state index in [-0.39, 0.29) is 11.6 Å². The van der Waals surface area contributed by atoms with Gasteiger partial charge in [0.1, 0.15) is 18.0 Å². The first-order valence-corrected chi connectivity index (χ1v) is 5.12. The lowest BCUT2D eigenvalue weighted by atomic mass is 10.2. The number of halogens is 2. The Balaban J connectivity index is 2.27. The molecule has 0 spiro atoms. The Morgan fingerprint density at radius 3 is 2.59 bits per heavy atom. The minimum absolute atomic E-state index is 0.333. The highest BCUT2D eigenvalue weighted by Crippen LogP contribution is 2.19. The number of hydrogen-bond acceptors (Lipinski definition) is 1. The van der Waals surface area contributed by atoms with E-state index in [1.54, 1.807) is 29.1 Å².